The Kier molecular flexibility index (Phi) is 5.97. The van der Waals surface area contributed by atoms with Crippen LogP contribution in [-0.2, 0) is 10.5 Å². The van der Waals surface area contributed by atoms with Crippen LogP contribution in [0.3, 0.4) is 0 Å². The Morgan fingerprint density at radius 3 is 2.70 bits per heavy atom. The number of nitrogens with zero attached hydrogens (tertiary/aromatic N) is 1. The zero-order chi connectivity index (χ0) is 19.2. The average molecular weight is 386 g/mol. The zero-order valence-corrected chi connectivity index (χ0v) is 15.7. The van der Waals surface area contributed by atoms with Gasteiger partial charge in [-0.1, -0.05) is 11.8 Å². The van der Waals surface area contributed by atoms with Crippen molar-refractivity contribution in [2.24, 2.45) is 0 Å². The number of H-pyrrole nitrogens is 1. The van der Waals surface area contributed by atoms with Crippen LogP contribution in [0.4, 0.5) is 0 Å². The molecule has 0 atom stereocenters. The minimum Gasteiger partial charge on any atom is -0.497 e. The van der Waals surface area contributed by atoms with Gasteiger partial charge < -0.3 is 18.9 Å². The van der Waals surface area contributed by atoms with Crippen LogP contribution in [0.25, 0.3) is 11.3 Å². The standard InChI is InChI=1S/C19H18N2O5S/c1-3-25-18(23)16-9-8-14(26-16)11-27-19-20-15(10-17(22)21-19)12-4-6-13(24-2)7-5-12/h4-10H,3,11H2,1-2H3,(H,20,21,22). The summed E-state index contributed by atoms with van der Waals surface area (Å²) in [6.45, 7) is 2.02. The van der Waals surface area contributed by atoms with Crippen LogP contribution < -0.4 is 10.3 Å². The van der Waals surface area contributed by atoms with Crippen molar-refractivity contribution >= 4 is 17.7 Å². The Balaban J connectivity index is 1.73. The third-order valence-electron chi connectivity index (χ3n) is 3.60. The number of nitrogens with one attached hydrogen (secondary N) is 1. The Morgan fingerprint density at radius 2 is 2.00 bits per heavy atom. The molecule has 8 heteroatoms. The molecule has 0 saturated heterocycles. The molecule has 3 aromatic rings. The molecular formula is C19H18N2O5S. The lowest BCUT2D eigenvalue weighted by Gasteiger charge is -2.05. The molecule has 0 saturated carbocycles. The predicted octanol–water partition coefficient (Wildman–Crippen LogP) is 3.51. The molecule has 27 heavy (non-hydrogen) atoms. The van der Waals surface area contributed by atoms with Gasteiger partial charge in [-0.2, -0.15) is 0 Å². The van der Waals surface area contributed by atoms with E-state index in [2.05, 4.69) is 9.97 Å². The number of rotatable bonds is 7. The number of furan rings is 1. The second-order valence-corrected chi connectivity index (χ2v) is 6.40. The highest BCUT2D eigenvalue weighted by atomic mass is 32.2. The second kappa shape index (κ2) is 8.59. The number of benzene rings is 1. The van der Waals surface area contributed by atoms with Crippen molar-refractivity contribution < 1.29 is 18.7 Å². The summed E-state index contributed by atoms with van der Waals surface area (Å²) in [5.41, 5.74) is 1.13. The lowest BCUT2D eigenvalue weighted by Crippen LogP contribution is -2.08. The fourth-order valence-corrected chi connectivity index (χ4v) is 3.09. The van der Waals surface area contributed by atoms with Gasteiger partial charge in [-0.15, -0.1) is 0 Å². The Bertz CT molecular complexity index is 978. The number of thioether (sulfide) groups is 1. The van der Waals surface area contributed by atoms with E-state index in [1.165, 1.54) is 17.8 Å². The molecule has 0 spiro atoms. The molecule has 0 aliphatic rings. The topological polar surface area (TPSA) is 94.4 Å². The molecule has 0 amide bonds. The molecule has 140 valence electrons. The maximum atomic E-state index is 12.0. The summed E-state index contributed by atoms with van der Waals surface area (Å²) < 4.78 is 15.5. The Morgan fingerprint density at radius 1 is 1.22 bits per heavy atom. The summed E-state index contributed by atoms with van der Waals surface area (Å²) in [4.78, 5) is 30.8. The van der Waals surface area contributed by atoms with Gasteiger partial charge in [0, 0.05) is 11.6 Å². The van der Waals surface area contributed by atoms with E-state index in [0.29, 0.717) is 22.4 Å². The van der Waals surface area contributed by atoms with Gasteiger partial charge >= 0.3 is 5.97 Å². The van der Waals surface area contributed by atoms with Crippen molar-refractivity contribution in [1.82, 2.24) is 9.97 Å². The molecule has 0 unspecified atom stereocenters. The summed E-state index contributed by atoms with van der Waals surface area (Å²) >= 11 is 1.31. The van der Waals surface area contributed by atoms with E-state index in [-0.39, 0.29) is 17.9 Å². The molecule has 2 heterocycles. The molecule has 3 rings (SSSR count). The molecule has 0 radical (unpaired) electrons. The highest BCUT2D eigenvalue weighted by molar-refractivity contribution is 7.98. The minimum atomic E-state index is -0.498. The zero-order valence-electron chi connectivity index (χ0n) is 14.9. The lowest BCUT2D eigenvalue weighted by molar-refractivity contribution is 0.0488. The van der Waals surface area contributed by atoms with E-state index < -0.39 is 5.97 Å². The smallest absolute Gasteiger partial charge is 0.374 e. The quantitative estimate of drug-likeness (QED) is 0.377. The number of carbonyl (C=O) groups is 1. The minimum absolute atomic E-state index is 0.154. The number of aromatic nitrogens is 2. The van der Waals surface area contributed by atoms with Crippen molar-refractivity contribution in [3.8, 4) is 17.0 Å². The first kappa shape index (κ1) is 18.8. The van der Waals surface area contributed by atoms with Gasteiger partial charge in [0.1, 0.15) is 11.5 Å². The summed E-state index contributed by atoms with van der Waals surface area (Å²) in [6.07, 6.45) is 0. The van der Waals surface area contributed by atoms with Crippen molar-refractivity contribution in [3.63, 3.8) is 0 Å². The first-order chi connectivity index (χ1) is 13.1. The molecule has 0 bridgehead atoms. The van der Waals surface area contributed by atoms with E-state index in [1.807, 2.05) is 24.3 Å². The normalized spacial score (nSPS) is 10.6. The number of hydrogen-bond acceptors (Lipinski definition) is 7. The molecule has 1 N–H and O–H groups in total. The largest absolute Gasteiger partial charge is 0.497 e. The number of hydrogen-bond donors (Lipinski definition) is 1. The Labute approximate surface area is 159 Å². The van der Waals surface area contributed by atoms with Gasteiger partial charge in [0.15, 0.2) is 5.16 Å². The van der Waals surface area contributed by atoms with Crippen molar-refractivity contribution in [2.45, 2.75) is 17.8 Å². The van der Waals surface area contributed by atoms with E-state index >= 15 is 0 Å². The third-order valence-corrected chi connectivity index (χ3v) is 4.49. The highest BCUT2D eigenvalue weighted by Gasteiger charge is 2.13. The average Bonchev–Trinajstić information content (AvgIpc) is 3.15. The van der Waals surface area contributed by atoms with Crippen LogP contribution in [0.15, 0.2) is 56.8 Å². The summed E-state index contributed by atoms with van der Waals surface area (Å²) in [7, 11) is 1.59. The number of esters is 1. The first-order valence-electron chi connectivity index (χ1n) is 8.23. The molecular weight excluding hydrogens is 368 g/mol. The van der Waals surface area contributed by atoms with Gasteiger partial charge in [-0.25, -0.2) is 9.78 Å². The van der Waals surface area contributed by atoms with Gasteiger partial charge in [-0.05, 0) is 43.3 Å². The summed E-state index contributed by atoms with van der Waals surface area (Å²) in [6, 6.07) is 12.0. The molecule has 0 aliphatic carbocycles. The Hall–Kier alpha value is -3.00. The maximum Gasteiger partial charge on any atom is 0.374 e. The second-order valence-electron chi connectivity index (χ2n) is 5.44. The van der Waals surface area contributed by atoms with Gasteiger partial charge in [0.2, 0.25) is 5.76 Å². The lowest BCUT2D eigenvalue weighted by atomic mass is 10.1. The van der Waals surface area contributed by atoms with E-state index in [4.69, 9.17) is 13.9 Å². The fourth-order valence-electron chi connectivity index (χ4n) is 2.32. The number of methoxy groups -OCH3 is 1. The van der Waals surface area contributed by atoms with E-state index in [9.17, 15) is 9.59 Å². The molecule has 2 aromatic heterocycles. The van der Waals surface area contributed by atoms with Crippen LogP contribution in [0.1, 0.15) is 23.2 Å². The monoisotopic (exact) mass is 386 g/mol. The van der Waals surface area contributed by atoms with Gasteiger partial charge in [0.25, 0.3) is 5.56 Å². The van der Waals surface area contributed by atoms with Crippen LogP contribution in [0, 0.1) is 0 Å². The van der Waals surface area contributed by atoms with Crippen molar-refractivity contribution in [3.05, 3.63) is 64.3 Å². The van der Waals surface area contributed by atoms with Gasteiger partial charge in [0.05, 0.1) is 25.2 Å². The van der Waals surface area contributed by atoms with E-state index in [1.54, 1.807) is 26.2 Å². The molecule has 7 nitrogen and oxygen atoms in total. The van der Waals surface area contributed by atoms with Crippen LogP contribution >= 0.6 is 11.8 Å². The maximum absolute atomic E-state index is 12.0. The summed E-state index contributed by atoms with van der Waals surface area (Å²) in [5, 5.41) is 0.461. The van der Waals surface area contributed by atoms with E-state index in [0.717, 1.165) is 11.3 Å². The molecule has 0 aliphatic heterocycles. The predicted molar refractivity (Wildman–Crippen MR) is 101 cm³/mol. The van der Waals surface area contributed by atoms with Crippen LogP contribution in [0.5, 0.6) is 5.75 Å². The van der Waals surface area contributed by atoms with Gasteiger partial charge in [-0.3, -0.25) is 4.79 Å². The van der Waals surface area contributed by atoms with Crippen molar-refractivity contribution in [2.75, 3.05) is 13.7 Å². The summed E-state index contributed by atoms with van der Waals surface area (Å²) in [5.74, 6) is 1.38. The molecule has 0 fully saturated rings. The SMILES string of the molecule is CCOC(=O)c1ccc(CSc2nc(-c3ccc(OC)cc3)cc(=O)[nH]2)o1. The van der Waals surface area contributed by atoms with Crippen LogP contribution in [-0.4, -0.2) is 29.7 Å². The fraction of sp³-hybridized carbons (Fsp3) is 0.211. The number of carbonyl (C=O) groups excluding carboxylic acids is 1. The number of ether oxygens (including phenoxy) is 2. The number of aromatic amines is 1. The van der Waals surface area contributed by atoms with Crippen molar-refractivity contribution in [1.29, 1.82) is 0 Å². The third kappa shape index (κ3) is 4.79. The molecule has 1 aromatic carbocycles. The van der Waals surface area contributed by atoms with Crippen LogP contribution in [0.2, 0.25) is 0 Å². The highest BCUT2D eigenvalue weighted by Crippen LogP contribution is 2.24. The first-order valence-corrected chi connectivity index (χ1v) is 9.22.